The van der Waals surface area contributed by atoms with Crippen LogP contribution in [0.15, 0.2) is 72.1 Å². The minimum Gasteiger partial charge on any atom is -0.355 e. The maximum atomic E-state index is 13.7. The minimum atomic E-state index is -0.374. The van der Waals surface area contributed by atoms with Crippen LogP contribution in [0, 0.1) is 25.6 Å². The van der Waals surface area contributed by atoms with Crippen LogP contribution in [0.25, 0.3) is 0 Å². The van der Waals surface area contributed by atoms with E-state index in [9.17, 15) is 8.78 Å². The standard InChI is InChI=1S/C18H21FN4S.C11H17F.C4H8.C2H6/c1-11-12(2)24-18-16(11)17(23-8-3-6-20-7-9-23)21-14-5-4-13(19)10-15(14)22-18;1-4-6-11(7-5-2)9-8-10(3)12;1-3-4-2;1-2/h4-5,10,20,22H,3,6-9H2,1-2H3;4,6,8-9,11H,3,5,7H2,1-2H3;3-4H,1-2H3;1-2H3/b;6-4-,9-8?;4-3-;. The molecule has 2 aromatic rings. The quantitative estimate of drug-likeness (QED) is 0.266. The Labute approximate surface area is 258 Å². The molecule has 0 aliphatic carbocycles. The second-order valence-corrected chi connectivity index (χ2v) is 11.0. The summed E-state index contributed by atoms with van der Waals surface area (Å²) in [6.45, 7) is 23.5. The third-order valence-corrected chi connectivity index (χ3v) is 7.72. The van der Waals surface area contributed by atoms with Crippen molar-refractivity contribution in [2.24, 2.45) is 10.9 Å². The van der Waals surface area contributed by atoms with E-state index in [2.05, 4.69) is 49.0 Å². The normalized spacial score (nSPS) is 15.0. The van der Waals surface area contributed by atoms with Crippen molar-refractivity contribution in [1.29, 1.82) is 0 Å². The van der Waals surface area contributed by atoms with Gasteiger partial charge in [-0.05, 0) is 89.8 Å². The van der Waals surface area contributed by atoms with Crippen LogP contribution in [0.2, 0.25) is 0 Å². The van der Waals surface area contributed by atoms with Crippen molar-refractivity contribution in [1.82, 2.24) is 10.2 Å². The number of fused-ring (bicyclic) bond motifs is 2. The third-order valence-electron chi connectivity index (χ3n) is 6.60. The highest BCUT2D eigenvalue weighted by Gasteiger charge is 2.26. The van der Waals surface area contributed by atoms with Gasteiger partial charge in [-0.1, -0.05) is 64.2 Å². The van der Waals surface area contributed by atoms with Crippen LogP contribution in [0.1, 0.15) is 76.8 Å². The second kappa shape index (κ2) is 20.8. The van der Waals surface area contributed by atoms with Gasteiger partial charge < -0.3 is 15.5 Å². The molecule has 0 spiro atoms. The molecule has 1 aromatic carbocycles. The van der Waals surface area contributed by atoms with Gasteiger partial charge in [0.2, 0.25) is 0 Å². The molecule has 232 valence electrons. The Hall–Kier alpha value is -3.03. The summed E-state index contributed by atoms with van der Waals surface area (Å²) in [5.41, 5.74) is 3.95. The number of hydrogen-bond acceptors (Lipinski definition) is 5. The lowest BCUT2D eigenvalue weighted by Crippen LogP contribution is -2.35. The van der Waals surface area contributed by atoms with E-state index >= 15 is 0 Å². The lowest BCUT2D eigenvalue weighted by molar-refractivity contribution is 0.447. The first kappa shape index (κ1) is 37.0. The van der Waals surface area contributed by atoms with Crippen LogP contribution in [0.3, 0.4) is 0 Å². The number of aryl methyl sites for hydroxylation is 1. The molecule has 2 aliphatic rings. The molecule has 0 amide bonds. The lowest BCUT2D eigenvalue weighted by atomic mass is 10.0. The number of anilines is 2. The summed E-state index contributed by atoms with van der Waals surface area (Å²) in [7, 11) is 0. The van der Waals surface area contributed by atoms with Gasteiger partial charge in [0.15, 0.2) is 0 Å². The second-order valence-electron chi connectivity index (χ2n) is 9.75. The number of allylic oxidation sites excluding steroid dienone is 7. The summed E-state index contributed by atoms with van der Waals surface area (Å²) in [4.78, 5) is 8.58. The van der Waals surface area contributed by atoms with E-state index in [1.807, 2.05) is 58.9 Å². The van der Waals surface area contributed by atoms with Gasteiger partial charge in [-0.2, -0.15) is 0 Å². The molecule has 1 fully saturated rings. The van der Waals surface area contributed by atoms with E-state index in [1.165, 1.54) is 28.6 Å². The Morgan fingerprint density at radius 3 is 2.43 bits per heavy atom. The van der Waals surface area contributed by atoms with Gasteiger partial charge >= 0.3 is 0 Å². The Morgan fingerprint density at radius 1 is 1.10 bits per heavy atom. The van der Waals surface area contributed by atoms with Crippen LogP contribution in [0.5, 0.6) is 0 Å². The molecule has 2 N–H and O–H groups in total. The van der Waals surface area contributed by atoms with Gasteiger partial charge in [0.25, 0.3) is 0 Å². The molecule has 0 saturated carbocycles. The SMILES string of the molecule is C/C=C\C.C=C(F)C=CC(/C=C\C)CCC.CC.Cc1sc2c(c1C)C(N1CCCNCC1)=Nc1ccc(F)cc1N2. The number of halogens is 2. The van der Waals surface area contributed by atoms with Crippen LogP contribution in [-0.2, 0) is 0 Å². The van der Waals surface area contributed by atoms with Crippen LogP contribution < -0.4 is 10.6 Å². The van der Waals surface area contributed by atoms with Crippen molar-refractivity contribution < 1.29 is 8.78 Å². The topological polar surface area (TPSA) is 39.7 Å². The van der Waals surface area contributed by atoms with Crippen LogP contribution >= 0.6 is 11.3 Å². The number of thiophene rings is 1. The van der Waals surface area contributed by atoms with Gasteiger partial charge in [-0.3, -0.25) is 0 Å². The number of amidine groups is 1. The van der Waals surface area contributed by atoms with E-state index in [1.54, 1.807) is 17.4 Å². The zero-order valence-corrected chi connectivity index (χ0v) is 27.8. The largest absolute Gasteiger partial charge is 0.355 e. The van der Waals surface area contributed by atoms with Crippen LogP contribution in [-0.4, -0.2) is 36.9 Å². The summed E-state index contributed by atoms with van der Waals surface area (Å²) in [5.74, 6) is 0.743. The minimum absolute atomic E-state index is 0.245. The number of hydrogen-bond donors (Lipinski definition) is 2. The van der Waals surface area contributed by atoms with E-state index < -0.39 is 0 Å². The van der Waals surface area contributed by atoms with Crippen LogP contribution in [0.4, 0.5) is 25.2 Å². The summed E-state index contributed by atoms with van der Waals surface area (Å²) < 4.78 is 25.9. The number of aliphatic imine (C=N–C) groups is 1. The van der Waals surface area contributed by atoms with Gasteiger partial charge in [-0.15, -0.1) is 11.3 Å². The molecular formula is C35H52F2N4S. The first-order chi connectivity index (χ1) is 20.2. The molecule has 0 bridgehead atoms. The summed E-state index contributed by atoms with van der Waals surface area (Å²) in [6, 6.07) is 4.76. The molecule has 4 nitrogen and oxygen atoms in total. The van der Waals surface area contributed by atoms with Crippen molar-refractivity contribution in [3.05, 3.63) is 88.9 Å². The lowest BCUT2D eigenvalue weighted by Gasteiger charge is -2.24. The first-order valence-electron chi connectivity index (χ1n) is 15.2. The fraction of sp³-hybridized carbons (Fsp3) is 0.457. The number of nitrogens with one attached hydrogen (secondary N) is 2. The zero-order chi connectivity index (χ0) is 31.5. The Balaban J connectivity index is 0.000000414. The number of rotatable bonds is 5. The number of benzene rings is 1. The summed E-state index contributed by atoms with van der Waals surface area (Å²) in [6.07, 6.45) is 14.6. The molecule has 1 atom stereocenters. The highest BCUT2D eigenvalue weighted by atomic mass is 32.1. The third kappa shape index (κ3) is 12.1. The molecule has 0 radical (unpaired) electrons. The van der Waals surface area contributed by atoms with Crippen molar-refractivity contribution in [3.63, 3.8) is 0 Å². The molecule has 3 heterocycles. The van der Waals surface area contributed by atoms with Gasteiger partial charge in [-0.25, -0.2) is 13.8 Å². The molecule has 7 heteroatoms. The highest BCUT2D eigenvalue weighted by molar-refractivity contribution is 7.16. The van der Waals surface area contributed by atoms with Gasteiger partial charge in [0, 0.05) is 24.5 Å². The van der Waals surface area contributed by atoms with Crippen molar-refractivity contribution >= 4 is 33.5 Å². The Bertz CT molecular complexity index is 1200. The molecule has 42 heavy (non-hydrogen) atoms. The molecule has 4 rings (SSSR count). The molecular weight excluding hydrogens is 546 g/mol. The van der Waals surface area contributed by atoms with E-state index in [0.717, 1.165) is 73.2 Å². The Morgan fingerprint density at radius 2 is 1.81 bits per heavy atom. The first-order valence-corrected chi connectivity index (χ1v) is 16.0. The zero-order valence-electron chi connectivity index (χ0n) is 27.0. The van der Waals surface area contributed by atoms with Crippen molar-refractivity contribution in [2.45, 2.75) is 74.7 Å². The summed E-state index contributed by atoms with van der Waals surface area (Å²) in [5, 5.41) is 7.92. The monoisotopic (exact) mass is 598 g/mol. The van der Waals surface area contributed by atoms with E-state index in [0.29, 0.717) is 5.92 Å². The van der Waals surface area contributed by atoms with E-state index in [-0.39, 0.29) is 11.6 Å². The van der Waals surface area contributed by atoms with Gasteiger partial charge in [0.1, 0.15) is 22.5 Å². The molecule has 1 saturated heterocycles. The Kier molecular flexibility index (Phi) is 18.3. The fourth-order valence-corrected chi connectivity index (χ4v) is 5.40. The van der Waals surface area contributed by atoms with Crippen molar-refractivity contribution in [2.75, 3.05) is 31.5 Å². The predicted molar refractivity (Wildman–Crippen MR) is 183 cm³/mol. The molecule has 1 aromatic heterocycles. The van der Waals surface area contributed by atoms with E-state index in [4.69, 9.17) is 4.99 Å². The van der Waals surface area contributed by atoms with Crippen molar-refractivity contribution in [3.8, 4) is 0 Å². The number of nitrogens with zero attached hydrogens (tertiary/aromatic N) is 2. The smallest absolute Gasteiger partial charge is 0.139 e. The predicted octanol–water partition coefficient (Wildman–Crippen LogP) is 10.6. The maximum Gasteiger partial charge on any atom is 0.139 e. The average molecular weight is 599 g/mol. The molecule has 1 unspecified atom stereocenters. The highest BCUT2D eigenvalue weighted by Crippen LogP contribution is 2.41. The fourth-order valence-electron chi connectivity index (χ4n) is 4.33. The average Bonchev–Trinajstić information content (AvgIpc) is 3.18. The summed E-state index contributed by atoms with van der Waals surface area (Å²) >= 11 is 1.72. The molecule has 2 aliphatic heterocycles. The maximum absolute atomic E-state index is 13.7. The van der Waals surface area contributed by atoms with Gasteiger partial charge in [0.05, 0.1) is 16.9 Å².